The smallest absolute Gasteiger partial charge is 0.136 e. The molecule has 0 saturated carbocycles. The molecule has 3 aromatic rings. The van der Waals surface area contributed by atoms with Crippen molar-refractivity contribution in [2.24, 2.45) is 0 Å². The number of hydrogen-bond donors (Lipinski definition) is 0. The van der Waals surface area contributed by atoms with Crippen molar-refractivity contribution in [3.63, 3.8) is 0 Å². The topological polar surface area (TPSA) is 25.8 Å². The SMILES string of the molecule is Cc1c(Cl)nc(C(C)C)nc1-c1ccc2ccccc2c1. The van der Waals surface area contributed by atoms with Gasteiger partial charge in [-0.3, -0.25) is 0 Å². The largest absolute Gasteiger partial charge is 0.232 e. The molecule has 0 saturated heterocycles. The first-order valence-corrected chi connectivity index (χ1v) is 7.47. The molecule has 21 heavy (non-hydrogen) atoms. The van der Waals surface area contributed by atoms with Gasteiger partial charge in [0.15, 0.2) is 0 Å². The van der Waals surface area contributed by atoms with Crippen LogP contribution in [-0.2, 0) is 0 Å². The van der Waals surface area contributed by atoms with E-state index in [1.54, 1.807) is 0 Å². The van der Waals surface area contributed by atoms with Gasteiger partial charge in [0, 0.05) is 17.0 Å². The molecule has 2 nitrogen and oxygen atoms in total. The Labute approximate surface area is 129 Å². The number of nitrogens with zero attached hydrogens (tertiary/aromatic N) is 2. The molecular weight excluding hydrogens is 280 g/mol. The van der Waals surface area contributed by atoms with Crippen LogP contribution >= 0.6 is 11.6 Å². The second kappa shape index (κ2) is 5.45. The van der Waals surface area contributed by atoms with Crippen molar-refractivity contribution >= 4 is 22.4 Å². The van der Waals surface area contributed by atoms with Crippen LogP contribution in [0.5, 0.6) is 0 Å². The monoisotopic (exact) mass is 296 g/mol. The van der Waals surface area contributed by atoms with Crippen LogP contribution in [0.1, 0.15) is 31.2 Å². The summed E-state index contributed by atoms with van der Waals surface area (Å²) in [6.45, 7) is 6.12. The van der Waals surface area contributed by atoms with Gasteiger partial charge in [-0.15, -0.1) is 0 Å². The number of rotatable bonds is 2. The third kappa shape index (κ3) is 2.64. The molecule has 0 aliphatic carbocycles. The maximum absolute atomic E-state index is 6.28. The summed E-state index contributed by atoms with van der Waals surface area (Å²) in [6.07, 6.45) is 0. The van der Waals surface area contributed by atoms with Crippen LogP contribution in [0.4, 0.5) is 0 Å². The summed E-state index contributed by atoms with van der Waals surface area (Å²) < 4.78 is 0. The Hall–Kier alpha value is -1.93. The van der Waals surface area contributed by atoms with Gasteiger partial charge in [0.25, 0.3) is 0 Å². The molecule has 0 aliphatic rings. The maximum Gasteiger partial charge on any atom is 0.136 e. The average molecular weight is 297 g/mol. The van der Waals surface area contributed by atoms with Gasteiger partial charge in [-0.25, -0.2) is 9.97 Å². The molecular formula is C18H17ClN2. The first kappa shape index (κ1) is 14.0. The number of aromatic nitrogens is 2. The lowest BCUT2D eigenvalue weighted by molar-refractivity contribution is 0.773. The van der Waals surface area contributed by atoms with E-state index in [0.717, 1.165) is 22.6 Å². The van der Waals surface area contributed by atoms with E-state index in [-0.39, 0.29) is 5.92 Å². The van der Waals surface area contributed by atoms with E-state index >= 15 is 0 Å². The summed E-state index contributed by atoms with van der Waals surface area (Å²) in [5.74, 6) is 1.04. The first-order chi connectivity index (χ1) is 10.1. The predicted octanol–water partition coefficient (Wildman–Crippen LogP) is 5.38. The predicted molar refractivity (Wildman–Crippen MR) is 88.8 cm³/mol. The van der Waals surface area contributed by atoms with Crippen molar-refractivity contribution in [1.82, 2.24) is 9.97 Å². The van der Waals surface area contributed by atoms with Crippen molar-refractivity contribution in [3.8, 4) is 11.3 Å². The van der Waals surface area contributed by atoms with Gasteiger partial charge in [0.05, 0.1) is 5.69 Å². The highest BCUT2D eigenvalue weighted by molar-refractivity contribution is 6.30. The molecule has 3 heteroatoms. The summed E-state index contributed by atoms with van der Waals surface area (Å²) >= 11 is 6.28. The van der Waals surface area contributed by atoms with Crippen LogP contribution in [0.15, 0.2) is 42.5 Å². The number of halogens is 1. The van der Waals surface area contributed by atoms with E-state index in [9.17, 15) is 0 Å². The normalized spacial score (nSPS) is 11.3. The molecule has 0 aliphatic heterocycles. The van der Waals surface area contributed by atoms with Crippen LogP contribution < -0.4 is 0 Å². The Kier molecular flexibility index (Phi) is 3.64. The second-order valence-corrected chi connectivity index (χ2v) is 5.92. The van der Waals surface area contributed by atoms with E-state index in [1.807, 2.05) is 19.1 Å². The van der Waals surface area contributed by atoms with Crippen molar-refractivity contribution in [2.75, 3.05) is 0 Å². The van der Waals surface area contributed by atoms with E-state index in [2.05, 4.69) is 49.2 Å². The minimum atomic E-state index is 0.252. The lowest BCUT2D eigenvalue weighted by Gasteiger charge is -2.12. The summed E-state index contributed by atoms with van der Waals surface area (Å²) in [6, 6.07) is 14.7. The van der Waals surface area contributed by atoms with Crippen LogP contribution in [0.2, 0.25) is 5.15 Å². The zero-order chi connectivity index (χ0) is 15.0. The second-order valence-electron chi connectivity index (χ2n) is 5.56. The summed E-state index contributed by atoms with van der Waals surface area (Å²) in [4.78, 5) is 9.09. The number of fused-ring (bicyclic) bond motifs is 1. The molecule has 0 bridgehead atoms. The van der Waals surface area contributed by atoms with Gasteiger partial charge >= 0.3 is 0 Å². The molecule has 1 heterocycles. The lowest BCUT2D eigenvalue weighted by Crippen LogP contribution is -2.02. The van der Waals surface area contributed by atoms with Gasteiger partial charge in [-0.2, -0.15) is 0 Å². The Bertz CT molecular complexity index is 809. The fourth-order valence-corrected chi connectivity index (χ4v) is 2.56. The quantitative estimate of drug-likeness (QED) is 0.593. The Morgan fingerprint density at radius 1 is 0.952 bits per heavy atom. The van der Waals surface area contributed by atoms with Gasteiger partial charge in [-0.05, 0) is 23.8 Å². The fraction of sp³-hybridized carbons (Fsp3) is 0.222. The van der Waals surface area contributed by atoms with Crippen molar-refractivity contribution < 1.29 is 0 Å². The van der Waals surface area contributed by atoms with Crippen LogP contribution in [0.3, 0.4) is 0 Å². The molecule has 0 radical (unpaired) electrons. The lowest BCUT2D eigenvalue weighted by atomic mass is 10.0. The van der Waals surface area contributed by atoms with Crippen LogP contribution in [0.25, 0.3) is 22.0 Å². The summed E-state index contributed by atoms with van der Waals surface area (Å²) in [7, 11) is 0. The van der Waals surface area contributed by atoms with Crippen molar-refractivity contribution in [2.45, 2.75) is 26.7 Å². The van der Waals surface area contributed by atoms with Crippen LogP contribution in [0, 0.1) is 6.92 Å². The highest BCUT2D eigenvalue weighted by Crippen LogP contribution is 2.29. The van der Waals surface area contributed by atoms with Crippen molar-refractivity contribution in [1.29, 1.82) is 0 Å². The number of benzene rings is 2. The Morgan fingerprint density at radius 3 is 2.38 bits per heavy atom. The van der Waals surface area contributed by atoms with Crippen LogP contribution in [-0.4, -0.2) is 9.97 Å². The Morgan fingerprint density at radius 2 is 1.67 bits per heavy atom. The molecule has 3 rings (SSSR count). The third-order valence-electron chi connectivity index (χ3n) is 3.64. The molecule has 0 spiro atoms. The maximum atomic E-state index is 6.28. The molecule has 0 N–H and O–H groups in total. The fourth-order valence-electron chi connectivity index (χ4n) is 2.38. The molecule has 0 fully saturated rings. The molecule has 1 aromatic heterocycles. The van der Waals surface area contributed by atoms with Crippen molar-refractivity contribution in [3.05, 3.63) is 59.0 Å². The van der Waals surface area contributed by atoms with E-state index < -0.39 is 0 Å². The zero-order valence-corrected chi connectivity index (χ0v) is 13.1. The van der Waals surface area contributed by atoms with Gasteiger partial charge in [-0.1, -0.05) is 61.8 Å². The summed E-state index contributed by atoms with van der Waals surface area (Å²) in [5, 5.41) is 2.97. The molecule has 0 unspecified atom stereocenters. The van der Waals surface area contributed by atoms with E-state index in [0.29, 0.717) is 5.15 Å². The van der Waals surface area contributed by atoms with Gasteiger partial charge in [0.1, 0.15) is 11.0 Å². The standard InChI is InChI=1S/C18H17ClN2/c1-11(2)18-20-16(12(3)17(19)21-18)15-9-8-13-6-4-5-7-14(13)10-15/h4-11H,1-3H3. The highest BCUT2D eigenvalue weighted by atomic mass is 35.5. The molecule has 2 aromatic carbocycles. The minimum Gasteiger partial charge on any atom is -0.232 e. The molecule has 106 valence electrons. The minimum absolute atomic E-state index is 0.252. The van der Waals surface area contributed by atoms with Gasteiger partial charge in [0.2, 0.25) is 0 Å². The average Bonchev–Trinajstić information content (AvgIpc) is 2.49. The van der Waals surface area contributed by atoms with E-state index in [1.165, 1.54) is 10.8 Å². The molecule has 0 atom stereocenters. The first-order valence-electron chi connectivity index (χ1n) is 7.09. The molecule has 0 amide bonds. The Balaban J connectivity index is 2.21. The van der Waals surface area contributed by atoms with E-state index in [4.69, 9.17) is 16.6 Å². The number of hydrogen-bond acceptors (Lipinski definition) is 2. The van der Waals surface area contributed by atoms with Gasteiger partial charge < -0.3 is 0 Å². The third-order valence-corrected chi connectivity index (χ3v) is 4.01. The highest BCUT2D eigenvalue weighted by Gasteiger charge is 2.13. The summed E-state index contributed by atoms with van der Waals surface area (Å²) in [5.41, 5.74) is 2.93. The zero-order valence-electron chi connectivity index (χ0n) is 12.4.